The van der Waals surface area contributed by atoms with E-state index >= 15 is 0 Å². The molecule has 0 radical (unpaired) electrons. The van der Waals surface area contributed by atoms with E-state index in [0.717, 1.165) is 0 Å². The summed E-state index contributed by atoms with van der Waals surface area (Å²) in [4.78, 5) is 25.9. The molecule has 2 aromatic rings. The van der Waals surface area contributed by atoms with Crippen molar-refractivity contribution in [3.05, 3.63) is 46.0 Å². The second kappa shape index (κ2) is 7.72. The molecule has 0 spiro atoms. The van der Waals surface area contributed by atoms with Crippen molar-refractivity contribution < 1.29 is 33.3 Å². The van der Waals surface area contributed by atoms with Crippen LogP contribution in [-0.2, 0) is 4.74 Å². The van der Waals surface area contributed by atoms with E-state index in [2.05, 4.69) is 6.07 Å². The number of carbonyl (C=O) groups excluding carboxylic acids is 2. The van der Waals surface area contributed by atoms with Crippen molar-refractivity contribution in [2.45, 2.75) is 5.92 Å². The van der Waals surface area contributed by atoms with Gasteiger partial charge in [0, 0.05) is 6.07 Å². The highest BCUT2D eigenvalue weighted by Gasteiger charge is 2.40. The lowest BCUT2D eigenvalue weighted by atomic mass is 9.76. The third-order valence-corrected chi connectivity index (χ3v) is 4.86. The maximum atomic E-state index is 13.5. The van der Waals surface area contributed by atoms with Crippen molar-refractivity contribution in [2.75, 3.05) is 35.5 Å². The Morgan fingerprint density at radius 2 is 1.55 bits per heavy atom. The second-order valence-corrected chi connectivity index (χ2v) is 6.13. The van der Waals surface area contributed by atoms with Gasteiger partial charge >= 0.3 is 5.97 Å². The highest BCUT2D eigenvalue weighted by atomic mass is 16.5. The predicted molar refractivity (Wildman–Crippen MR) is 101 cm³/mol. The number of nitrogens with zero attached hydrogens (tertiary/aromatic N) is 1. The molecule has 1 aliphatic carbocycles. The standard InChI is InChI=1S/C21H19NO7/c1-25-10-6-11-13(9-22)12-8-15(27-3)18(21(24)29-5)20(28-4)17(12)19(23)16(11)14(7-10)26-2/h6-8,13H,1-5H3. The lowest BCUT2D eigenvalue weighted by molar-refractivity contribution is 0.0593. The number of ether oxygens (including phenoxy) is 5. The third kappa shape index (κ3) is 2.91. The van der Waals surface area contributed by atoms with Gasteiger partial charge in [-0.2, -0.15) is 5.26 Å². The zero-order valence-corrected chi connectivity index (χ0v) is 16.6. The number of methoxy groups -OCH3 is 5. The maximum absolute atomic E-state index is 13.5. The van der Waals surface area contributed by atoms with Crippen LogP contribution in [0.2, 0.25) is 0 Å². The minimum absolute atomic E-state index is 0.0139. The lowest BCUT2D eigenvalue weighted by Gasteiger charge is -2.28. The third-order valence-electron chi connectivity index (χ3n) is 4.86. The molecular weight excluding hydrogens is 378 g/mol. The fourth-order valence-corrected chi connectivity index (χ4v) is 3.57. The summed E-state index contributed by atoms with van der Waals surface area (Å²) >= 11 is 0. The summed E-state index contributed by atoms with van der Waals surface area (Å²) in [5, 5.41) is 9.93. The van der Waals surface area contributed by atoms with Crippen molar-refractivity contribution in [3.63, 3.8) is 0 Å². The quantitative estimate of drug-likeness (QED) is 0.710. The molecule has 1 unspecified atom stereocenters. The van der Waals surface area contributed by atoms with E-state index < -0.39 is 17.7 Å². The fraction of sp³-hybridized carbons (Fsp3) is 0.286. The van der Waals surface area contributed by atoms with Gasteiger partial charge in [0.05, 0.1) is 58.7 Å². The molecule has 0 heterocycles. The Balaban J connectivity index is 2.44. The number of esters is 1. The molecule has 1 atom stereocenters. The molecule has 0 amide bonds. The fourth-order valence-electron chi connectivity index (χ4n) is 3.57. The van der Waals surface area contributed by atoms with Crippen LogP contribution in [0.1, 0.15) is 43.3 Å². The molecule has 0 saturated heterocycles. The number of fused-ring (bicyclic) bond motifs is 2. The molecule has 1 aliphatic rings. The van der Waals surface area contributed by atoms with E-state index in [1.54, 1.807) is 12.1 Å². The minimum atomic E-state index is -0.837. The van der Waals surface area contributed by atoms with Gasteiger partial charge in [-0.05, 0) is 23.3 Å². The first-order valence-corrected chi connectivity index (χ1v) is 8.54. The van der Waals surface area contributed by atoms with E-state index in [0.29, 0.717) is 16.9 Å². The molecule has 3 rings (SSSR count). The maximum Gasteiger partial charge on any atom is 0.345 e. The Kier molecular flexibility index (Phi) is 5.33. The second-order valence-electron chi connectivity index (χ2n) is 6.13. The first-order valence-electron chi connectivity index (χ1n) is 8.54. The minimum Gasteiger partial charge on any atom is -0.497 e. The molecule has 8 heteroatoms. The number of rotatable bonds is 5. The van der Waals surface area contributed by atoms with Gasteiger partial charge in [-0.3, -0.25) is 4.79 Å². The van der Waals surface area contributed by atoms with E-state index in [1.807, 2.05) is 0 Å². The normalized spacial score (nSPS) is 14.2. The Morgan fingerprint density at radius 3 is 2.07 bits per heavy atom. The summed E-state index contributed by atoms with van der Waals surface area (Å²) in [6.07, 6.45) is 0. The lowest BCUT2D eigenvalue weighted by Crippen LogP contribution is -2.23. The van der Waals surface area contributed by atoms with E-state index in [4.69, 9.17) is 23.7 Å². The van der Waals surface area contributed by atoms with Gasteiger partial charge in [0.2, 0.25) is 5.78 Å². The zero-order valence-electron chi connectivity index (χ0n) is 16.6. The summed E-state index contributed by atoms with van der Waals surface area (Å²) in [6, 6.07) is 6.89. The van der Waals surface area contributed by atoms with Crippen LogP contribution < -0.4 is 18.9 Å². The van der Waals surface area contributed by atoms with Crippen LogP contribution in [0.25, 0.3) is 0 Å². The molecular formula is C21H19NO7. The van der Waals surface area contributed by atoms with Gasteiger partial charge in [0.15, 0.2) is 0 Å². The number of hydrogen-bond acceptors (Lipinski definition) is 8. The van der Waals surface area contributed by atoms with Crippen LogP contribution in [-0.4, -0.2) is 47.3 Å². The molecule has 150 valence electrons. The Bertz CT molecular complexity index is 1050. The SMILES string of the molecule is COC(=O)c1c(OC)cc2c(c1OC)C(=O)c1c(OC)cc(OC)cc1C2C#N. The summed E-state index contributed by atoms with van der Waals surface area (Å²) in [5.74, 6) is -1.18. The van der Waals surface area contributed by atoms with Crippen LogP contribution in [0.5, 0.6) is 23.0 Å². The van der Waals surface area contributed by atoms with Gasteiger partial charge in [-0.1, -0.05) is 0 Å². The van der Waals surface area contributed by atoms with E-state index in [9.17, 15) is 14.9 Å². The number of nitriles is 1. The molecule has 2 aromatic carbocycles. The molecule has 29 heavy (non-hydrogen) atoms. The number of carbonyl (C=O) groups is 2. The molecule has 8 nitrogen and oxygen atoms in total. The van der Waals surface area contributed by atoms with Crippen LogP contribution in [0, 0.1) is 11.3 Å². The van der Waals surface area contributed by atoms with Crippen LogP contribution in [0.4, 0.5) is 0 Å². The van der Waals surface area contributed by atoms with E-state index in [1.165, 1.54) is 41.6 Å². The Labute approximate surface area is 167 Å². The van der Waals surface area contributed by atoms with Crippen LogP contribution in [0.15, 0.2) is 18.2 Å². The average Bonchev–Trinajstić information content (AvgIpc) is 2.76. The molecule has 0 N–H and O–H groups in total. The summed E-state index contributed by atoms with van der Waals surface area (Å²) < 4.78 is 26.3. The molecule has 0 fully saturated rings. The molecule has 0 bridgehead atoms. The predicted octanol–water partition coefficient (Wildman–Crippen LogP) is 2.71. The van der Waals surface area contributed by atoms with Gasteiger partial charge in [-0.25, -0.2) is 4.79 Å². The summed E-state index contributed by atoms with van der Waals surface area (Å²) in [5.41, 5.74) is 1.08. The van der Waals surface area contributed by atoms with Crippen molar-refractivity contribution in [1.29, 1.82) is 5.26 Å². The monoisotopic (exact) mass is 397 g/mol. The molecule has 0 aliphatic heterocycles. The van der Waals surface area contributed by atoms with Gasteiger partial charge in [-0.15, -0.1) is 0 Å². The highest BCUT2D eigenvalue weighted by molar-refractivity contribution is 6.18. The first kappa shape index (κ1) is 20.0. The number of hydrogen-bond donors (Lipinski definition) is 0. The first-order chi connectivity index (χ1) is 14.0. The Hall–Kier alpha value is -3.73. The Morgan fingerprint density at radius 1 is 0.897 bits per heavy atom. The van der Waals surface area contributed by atoms with Crippen molar-refractivity contribution in [3.8, 4) is 29.1 Å². The zero-order chi connectivity index (χ0) is 21.3. The molecule has 0 aromatic heterocycles. The van der Waals surface area contributed by atoms with Crippen LogP contribution in [0.3, 0.4) is 0 Å². The van der Waals surface area contributed by atoms with Crippen molar-refractivity contribution in [1.82, 2.24) is 0 Å². The van der Waals surface area contributed by atoms with E-state index in [-0.39, 0.29) is 33.9 Å². The van der Waals surface area contributed by atoms with Crippen molar-refractivity contribution in [2.24, 2.45) is 0 Å². The van der Waals surface area contributed by atoms with Gasteiger partial charge < -0.3 is 23.7 Å². The number of ketones is 1. The van der Waals surface area contributed by atoms with Gasteiger partial charge in [0.1, 0.15) is 28.6 Å². The number of benzene rings is 2. The van der Waals surface area contributed by atoms with Crippen molar-refractivity contribution >= 4 is 11.8 Å². The molecule has 0 saturated carbocycles. The topological polar surface area (TPSA) is 104 Å². The average molecular weight is 397 g/mol. The largest absolute Gasteiger partial charge is 0.497 e. The van der Waals surface area contributed by atoms with Crippen LogP contribution >= 0.6 is 0 Å². The summed E-state index contributed by atoms with van der Waals surface area (Å²) in [7, 11) is 6.82. The highest BCUT2D eigenvalue weighted by Crippen LogP contribution is 2.48. The van der Waals surface area contributed by atoms with Gasteiger partial charge in [0.25, 0.3) is 0 Å². The summed E-state index contributed by atoms with van der Waals surface area (Å²) in [6.45, 7) is 0. The smallest absolute Gasteiger partial charge is 0.345 e.